The molecule has 4 heteroatoms. The first-order valence-corrected chi connectivity index (χ1v) is 26.7. The van der Waals surface area contributed by atoms with Gasteiger partial charge >= 0.3 is 7.80 Å². The molecular formula is C56H88O3P+. The molecule has 0 bridgehead atoms. The summed E-state index contributed by atoms with van der Waals surface area (Å²) in [5.74, 6) is 1.98. The summed E-state index contributed by atoms with van der Waals surface area (Å²) in [7, 11) is 1.77. The maximum atomic E-state index is 15.6. The summed E-state index contributed by atoms with van der Waals surface area (Å²) in [4.78, 5) is 0. The lowest BCUT2D eigenvalue weighted by Gasteiger charge is -2.33. The Bertz CT molecular complexity index is 1600. The smallest absolute Gasteiger partial charge is 0.378 e. The van der Waals surface area contributed by atoms with Crippen LogP contribution in [0, 0.1) is 11.3 Å². The average molecular weight is 840 g/mol. The summed E-state index contributed by atoms with van der Waals surface area (Å²) in [6.45, 7) is 9.56. The number of hydrogen-bond donors (Lipinski definition) is 0. The molecular weight excluding hydrogens is 752 g/mol. The molecule has 0 spiro atoms. The fourth-order valence-electron chi connectivity index (χ4n) is 10.3. The highest BCUT2D eigenvalue weighted by Crippen LogP contribution is 2.48. The number of hydrogen-bond acceptors (Lipinski definition) is 3. The first-order valence-electron chi connectivity index (χ1n) is 25.3. The van der Waals surface area contributed by atoms with E-state index in [4.69, 9.17) is 9.47 Å². The SMILES string of the molecule is CCCCCCCCCCC(C[P+](=O)c1c(-c2c(OC)cccc2OC)ccc2c1Cc1ccccc1-2)CC(C)(CCCCCCCCCC)CCCCCCCCCC. The van der Waals surface area contributed by atoms with Gasteiger partial charge in [0.05, 0.1) is 19.8 Å². The molecule has 0 saturated carbocycles. The predicted molar refractivity (Wildman–Crippen MR) is 263 cm³/mol. The molecule has 0 N–H and O–H groups in total. The average Bonchev–Trinajstić information content (AvgIpc) is 3.64. The molecule has 0 amide bonds. The van der Waals surface area contributed by atoms with Crippen LogP contribution < -0.4 is 14.8 Å². The van der Waals surface area contributed by atoms with Gasteiger partial charge in [-0.3, -0.25) is 0 Å². The molecule has 0 radical (unpaired) electrons. The van der Waals surface area contributed by atoms with Gasteiger partial charge in [-0.25, -0.2) is 0 Å². The van der Waals surface area contributed by atoms with Crippen molar-refractivity contribution in [3.63, 3.8) is 0 Å². The number of unbranched alkanes of at least 4 members (excludes halogenated alkanes) is 21. The van der Waals surface area contributed by atoms with Crippen molar-refractivity contribution >= 4 is 13.1 Å². The Kier molecular flexibility index (Phi) is 24.1. The molecule has 2 unspecified atom stereocenters. The van der Waals surface area contributed by atoms with Gasteiger partial charge in [-0.1, -0.05) is 223 Å². The van der Waals surface area contributed by atoms with Gasteiger partial charge in [0.15, 0.2) is 6.16 Å². The molecule has 2 atom stereocenters. The van der Waals surface area contributed by atoms with E-state index in [9.17, 15) is 0 Å². The molecule has 3 aromatic carbocycles. The van der Waals surface area contributed by atoms with Crippen LogP contribution in [-0.4, -0.2) is 20.4 Å². The molecule has 0 aromatic heterocycles. The van der Waals surface area contributed by atoms with Gasteiger partial charge in [0, 0.05) is 23.5 Å². The van der Waals surface area contributed by atoms with Crippen LogP contribution in [0.15, 0.2) is 54.6 Å². The summed E-state index contributed by atoms with van der Waals surface area (Å²) < 4.78 is 27.6. The predicted octanol–water partition coefficient (Wildman–Crippen LogP) is 18.0. The Morgan fingerprint density at radius 3 is 1.53 bits per heavy atom. The number of methoxy groups -OCH3 is 2. The van der Waals surface area contributed by atoms with Crippen molar-refractivity contribution in [2.24, 2.45) is 11.3 Å². The van der Waals surface area contributed by atoms with Crippen LogP contribution in [0.3, 0.4) is 0 Å². The van der Waals surface area contributed by atoms with Crippen molar-refractivity contribution in [3.8, 4) is 33.8 Å². The minimum atomic E-state index is -1.70. The van der Waals surface area contributed by atoms with Gasteiger partial charge in [-0.2, -0.15) is 0 Å². The number of benzene rings is 3. The van der Waals surface area contributed by atoms with Crippen molar-refractivity contribution in [1.29, 1.82) is 0 Å². The molecule has 4 rings (SSSR count). The van der Waals surface area contributed by atoms with Gasteiger partial charge in [0.1, 0.15) is 11.5 Å². The van der Waals surface area contributed by atoms with Crippen LogP contribution in [0.2, 0.25) is 0 Å². The minimum absolute atomic E-state index is 0.287. The highest BCUT2D eigenvalue weighted by atomic mass is 31.1. The van der Waals surface area contributed by atoms with Crippen molar-refractivity contribution in [3.05, 3.63) is 65.7 Å². The van der Waals surface area contributed by atoms with Crippen molar-refractivity contribution in [2.75, 3.05) is 20.4 Å². The van der Waals surface area contributed by atoms with Crippen molar-refractivity contribution < 1.29 is 14.0 Å². The van der Waals surface area contributed by atoms with E-state index < -0.39 is 7.80 Å². The van der Waals surface area contributed by atoms with Crippen LogP contribution in [0.4, 0.5) is 0 Å². The summed E-state index contributed by atoms with van der Waals surface area (Å²) >= 11 is 0. The Labute approximate surface area is 370 Å². The van der Waals surface area contributed by atoms with Gasteiger partial charge in [0.25, 0.3) is 0 Å². The zero-order valence-corrected chi connectivity index (χ0v) is 40.6. The third-order valence-corrected chi connectivity index (χ3v) is 15.7. The van der Waals surface area contributed by atoms with Crippen LogP contribution in [-0.2, 0) is 11.0 Å². The second-order valence-corrected chi connectivity index (χ2v) is 20.6. The van der Waals surface area contributed by atoms with Crippen molar-refractivity contribution in [2.45, 2.75) is 214 Å². The normalized spacial score (nSPS) is 13.0. The largest absolute Gasteiger partial charge is 0.496 e. The van der Waals surface area contributed by atoms with E-state index in [1.54, 1.807) is 14.2 Å². The topological polar surface area (TPSA) is 35.5 Å². The summed E-state index contributed by atoms with van der Waals surface area (Å²) in [6, 6.07) is 19.3. The second-order valence-electron chi connectivity index (χ2n) is 19.0. The Hall–Kier alpha value is -2.64. The molecule has 0 fully saturated rings. The van der Waals surface area contributed by atoms with E-state index in [0.29, 0.717) is 5.92 Å². The third kappa shape index (κ3) is 16.2. The third-order valence-electron chi connectivity index (χ3n) is 13.8. The lowest BCUT2D eigenvalue weighted by molar-refractivity contribution is 0.191. The lowest BCUT2D eigenvalue weighted by Crippen LogP contribution is -2.24. The highest BCUT2D eigenvalue weighted by molar-refractivity contribution is 7.54. The molecule has 0 saturated heterocycles. The molecule has 1 aliphatic carbocycles. The Morgan fingerprint density at radius 2 is 1.02 bits per heavy atom. The fourth-order valence-corrected chi connectivity index (χ4v) is 12.3. The monoisotopic (exact) mass is 840 g/mol. The van der Waals surface area contributed by atoms with E-state index in [1.807, 2.05) is 18.2 Å². The standard InChI is InChI=1S/C56H88O3P/c1-7-10-13-16-19-22-25-28-34-46(44-56(4,41-31-26-23-20-17-14-11-8-2)42-32-27-24-21-18-15-12-9-3)45-60(57)55-50(54-52(58-5)37-33-38-53(54)59-6)40-39-49-48-36-30-29-35-47(48)43-51(49)55/h29-30,33,35-40,46H,7-28,31-32,34,41-45H2,1-6H3/q+1. The fraction of sp³-hybridized carbons (Fsp3) is 0.679. The summed E-state index contributed by atoms with van der Waals surface area (Å²) in [6.07, 6.45) is 39.1. The molecule has 3 aromatic rings. The van der Waals surface area contributed by atoms with Gasteiger partial charge in [-0.15, -0.1) is 0 Å². The summed E-state index contributed by atoms with van der Waals surface area (Å²) in [5, 5.41) is 1.04. The molecule has 334 valence electrons. The van der Waals surface area contributed by atoms with Crippen LogP contribution in [0.5, 0.6) is 11.5 Å². The first-order chi connectivity index (χ1) is 29.4. The zero-order valence-electron chi connectivity index (χ0n) is 39.7. The number of fused-ring (bicyclic) bond motifs is 3. The van der Waals surface area contributed by atoms with E-state index >= 15 is 4.57 Å². The van der Waals surface area contributed by atoms with Crippen LogP contribution in [0.1, 0.15) is 219 Å². The maximum absolute atomic E-state index is 15.6. The molecule has 0 aliphatic heterocycles. The maximum Gasteiger partial charge on any atom is 0.378 e. The summed E-state index contributed by atoms with van der Waals surface area (Å²) in [5.41, 5.74) is 7.34. The molecule has 0 heterocycles. The zero-order chi connectivity index (χ0) is 42.8. The van der Waals surface area contributed by atoms with Gasteiger partial charge < -0.3 is 9.47 Å². The van der Waals surface area contributed by atoms with Gasteiger partial charge in [0.2, 0.25) is 5.30 Å². The highest BCUT2D eigenvalue weighted by Gasteiger charge is 2.39. The first kappa shape index (κ1) is 50.0. The Morgan fingerprint density at radius 1 is 0.550 bits per heavy atom. The van der Waals surface area contributed by atoms with E-state index in [-0.39, 0.29) is 5.41 Å². The Balaban J connectivity index is 1.61. The van der Waals surface area contributed by atoms with E-state index in [1.165, 1.54) is 202 Å². The molecule has 60 heavy (non-hydrogen) atoms. The van der Waals surface area contributed by atoms with E-state index in [2.05, 4.69) is 64.1 Å². The molecule has 3 nitrogen and oxygen atoms in total. The lowest BCUT2D eigenvalue weighted by atomic mass is 9.73. The second kappa shape index (κ2) is 28.9. The van der Waals surface area contributed by atoms with Crippen LogP contribution in [0.25, 0.3) is 22.3 Å². The minimum Gasteiger partial charge on any atom is -0.496 e. The number of rotatable bonds is 35. The van der Waals surface area contributed by atoms with Gasteiger partial charge in [-0.05, 0) is 66.0 Å². The quantitative estimate of drug-likeness (QED) is 0.0342. The molecule has 1 aliphatic rings. The van der Waals surface area contributed by atoms with E-state index in [0.717, 1.165) is 40.5 Å². The van der Waals surface area contributed by atoms with Crippen molar-refractivity contribution in [1.82, 2.24) is 0 Å². The van der Waals surface area contributed by atoms with Crippen LogP contribution >= 0.6 is 7.80 Å². The number of ether oxygens (including phenoxy) is 2.